The standard InChI is InChI=1S/C8H14.2CH4O/c1-2-8-5-3-7(1)4-6-8;2*1-2/h7-8H,1-6H2;2*2H,1H3. The largest absolute Gasteiger partial charge is 0.400 e. The highest BCUT2D eigenvalue weighted by molar-refractivity contribution is 4.79. The van der Waals surface area contributed by atoms with Gasteiger partial charge in [-0.3, -0.25) is 0 Å². The van der Waals surface area contributed by atoms with Gasteiger partial charge >= 0.3 is 0 Å². The van der Waals surface area contributed by atoms with E-state index in [1.165, 1.54) is 0 Å². The lowest BCUT2D eigenvalue weighted by molar-refractivity contribution is 0.176. The number of hydrogen-bond donors (Lipinski definition) is 2. The van der Waals surface area contributed by atoms with E-state index in [2.05, 4.69) is 0 Å². The third-order valence-corrected chi connectivity index (χ3v) is 2.95. The maximum Gasteiger partial charge on any atom is 0.0319 e. The van der Waals surface area contributed by atoms with Gasteiger partial charge in [-0.05, 0) is 11.8 Å². The molecule has 3 aliphatic rings. The van der Waals surface area contributed by atoms with Crippen LogP contribution >= 0.6 is 0 Å². The second-order valence-corrected chi connectivity index (χ2v) is 3.46. The molecule has 2 nitrogen and oxygen atoms in total. The third-order valence-electron chi connectivity index (χ3n) is 2.95. The first-order valence-corrected chi connectivity index (χ1v) is 4.84. The van der Waals surface area contributed by atoms with Crippen LogP contribution in [0, 0.1) is 11.8 Å². The van der Waals surface area contributed by atoms with Crippen LogP contribution < -0.4 is 0 Å². The van der Waals surface area contributed by atoms with Gasteiger partial charge in [-0.25, -0.2) is 0 Å². The first kappa shape index (κ1) is 11.9. The highest BCUT2D eigenvalue weighted by Crippen LogP contribution is 2.40. The SMILES string of the molecule is C1CC2CCC1CC2.CO.CO. The summed E-state index contributed by atoms with van der Waals surface area (Å²) in [6.07, 6.45) is 9.36. The van der Waals surface area contributed by atoms with Gasteiger partial charge in [0.05, 0.1) is 0 Å². The van der Waals surface area contributed by atoms with Crippen molar-refractivity contribution in [2.75, 3.05) is 14.2 Å². The van der Waals surface area contributed by atoms with E-state index in [4.69, 9.17) is 10.2 Å². The van der Waals surface area contributed by atoms with Gasteiger partial charge in [-0.1, -0.05) is 38.5 Å². The fourth-order valence-corrected chi connectivity index (χ4v) is 2.28. The summed E-state index contributed by atoms with van der Waals surface area (Å²) in [7, 11) is 2.00. The van der Waals surface area contributed by atoms with Crippen LogP contribution in [0.5, 0.6) is 0 Å². The summed E-state index contributed by atoms with van der Waals surface area (Å²) in [4.78, 5) is 0. The number of hydrogen-bond acceptors (Lipinski definition) is 2. The Morgan fingerprint density at radius 3 is 0.833 bits per heavy atom. The van der Waals surface area contributed by atoms with E-state index in [1.807, 2.05) is 0 Å². The van der Waals surface area contributed by atoms with E-state index in [9.17, 15) is 0 Å². The maximum atomic E-state index is 7.00. The molecule has 0 heterocycles. The molecule has 12 heavy (non-hydrogen) atoms. The summed E-state index contributed by atoms with van der Waals surface area (Å²) < 4.78 is 0. The Balaban J connectivity index is 0.000000269. The van der Waals surface area contributed by atoms with E-state index < -0.39 is 0 Å². The van der Waals surface area contributed by atoms with Crippen molar-refractivity contribution in [3.63, 3.8) is 0 Å². The van der Waals surface area contributed by atoms with Gasteiger partial charge in [0.15, 0.2) is 0 Å². The fraction of sp³-hybridized carbons (Fsp3) is 1.00. The van der Waals surface area contributed by atoms with Gasteiger partial charge in [-0.15, -0.1) is 0 Å². The van der Waals surface area contributed by atoms with Crippen molar-refractivity contribution >= 4 is 0 Å². The Morgan fingerprint density at radius 2 is 0.750 bits per heavy atom. The molecule has 2 bridgehead atoms. The molecule has 0 saturated heterocycles. The van der Waals surface area contributed by atoms with Crippen molar-refractivity contribution < 1.29 is 10.2 Å². The Bertz CT molecular complexity index is 62.8. The number of rotatable bonds is 0. The maximum absolute atomic E-state index is 7.00. The molecule has 0 amide bonds. The molecule has 0 radical (unpaired) electrons. The molecule has 0 atom stereocenters. The molecule has 3 saturated carbocycles. The Morgan fingerprint density at radius 1 is 0.583 bits per heavy atom. The topological polar surface area (TPSA) is 40.5 Å². The minimum absolute atomic E-state index is 1.00. The molecule has 0 aromatic rings. The summed E-state index contributed by atoms with van der Waals surface area (Å²) in [6.45, 7) is 0. The number of aliphatic hydroxyl groups is 2. The summed E-state index contributed by atoms with van der Waals surface area (Å²) >= 11 is 0. The van der Waals surface area contributed by atoms with Crippen molar-refractivity contribution in [1.82, 2.24) is 0 Å². The third kappa shape index (κ3) is 3.55. The molecule has 0 aliphatic heterocycles. The Hall–Kier alpha value is -0.0800. The van der Waals surface area contributed by atoms with Gasteiger partial charge in [-0.2, -0.15) is 0 Å². The molecule has 3 fully saturated rings. The van der Waals surface area contributed by atoms with E-state index in [-0.39, 0.29) is 0 Å². The van der Waals surface area contributed by atoms with Crippen LogP contribution in [0.4, 0.5) is 0 Å². The molecular weight excluding hydrogens is 152 g/mol. The first-order valence-electron chi connectivity index (χ1n) is 4.84. The molecule has 2 N–H and O–H groups in total. The van der Waals surface area contributed by atoms with Gasteiger partial charge < -0.3 is 10.2 Å². The zero-order chi connectivity index (χ0) is 9.40. The second kappa shape index (κ2) is 7.56. The van der Waals surface area contributed by atoms with Crippen LogP contribution in [0.1, 0.15) is 38.5 Å². The molecule has 74 valence electrons. The summed E-state index contributed by atoms with van der Waals surface area (Å²) in [5, 5.41) is 14.0. The van der Waals surface area contributed by atoms with Crippen molar-refractivity contribution in [3.05, 3.63) is 0 Å². The minimum atomic E-state index is 1.00. The minimum Gasteiger partial charge on any atom is -0.400 e. The zero-order valence-electron chi connectivity index (χ0n) is 8.29. The van der Waals surface area contributed by atoms with E-state index in [0.717, 1.165) is 26.1 Å². The predicted molar refractivity (Wildman–Crippen MR) is 51.0 cm³/mol. The first-order chi connectivity index (χ1) is 5.95. The highest BCUT2D eigenvalue weighted by atomic mass is 16.2. The van der Waals surface area contributed by atoms with Crippen molar-refractivity contribution in [2.24, 2.45) is 11.8 Å². The molecule has 0 unspecified atom stereocenters. The lowest BCUT2D eigenvalue weighted by Gasteiger charge is -2.35. The van der Waals surface area contributed by atoms with E-state index >= 15 is 0 Å². The molecule has 3 rings (SSSR count). The van der Waals surface area contributed by atoms with Gasteiger partial charge in [0, 0.05) is 14.2 Å². The monoisotopic (exact) mass is 174 g/mol. The average molecular weight is 174 g/mol. The van der Waals surface area contributed by atoms with Crippen LogP contribution in [-0.4, -0.2) is 24.4 Å². The highest BCUT2D eigenvalue weighted by Gasteiger charge is 2.26. The summed E-state index contributed by atoms with van der Waals surface area (Å²) in [5.41, 5.74) is 0. The van der Waals surface area contributed by atoms with Crippen LogP contribution in [-0.2, 0) is 0 Å². The summed E-state index contributed by atoms with van der Waals surface area (Å²) in [6, 6.07) is 0. The second-order valence-electron chi connectivity index (χ2n) is 3.46. The van der Waals surface area contributed by atoms with E-state index in [1.54, 1.807) is 38.5 Å². The van der Waals surface area contributed by atoms with Crippen molar-refractivity contribution in [3.8, 4) is 0 Å². The van der Waals surface area contributed by atoms with Crippen LogP contribution in [0.3, 0.4) is 0 Å². The predicted octanol–water partition coefficient (Wildman–Crippen LogP) is 1.80. The van der Waals surface area contributed by atoms with Gasteiger partial charge in [0.25, 0.3) is 0 Å². The molecule has 0 spiro atoms. The normalized spacial score (nSPS) is 31.0. The average Bonchev–Trinajstić information content (AvgIpc) is 2.27. The smallest absolute Gasteiger partial charge is 0.0319 e. The quantitative estimate of drug-likeness (QED) is 0.588. The number of fused-ring (bicyclic) bond motifs is 3. The molecule has 0 aromatic carbocycles. The number of aliphatic hydroxyl groups excluding tert-OH is 2. The Labute approximate surface area is 75.6 Å². The fourth-order valence-electron chi connectivity index (χ4n) is 2.28. The van der Waals surface area contributed by atoms with Crippen LogP contribution in [0.2, 0.25) is 0 Å². The van der Waals surface area contributed by atoms with Gasteiger partial charge in [0.1, 0.15) is 0 Å². The van der Waals surface area contributed by atoms with Crippen molar-refractivity contribution in [1.29, 1.82) is 0 Å². The van der Waals surface area contributed by atoms with Crippen LogP contribution in [0.25, 0.3) is 0 Å². The summed E-state index contributed by atoms with van der Waals surface area (Å²) in [5.74, 6) is 2.31. The molecule has 2 heteroatoms. The van der Waals surface area contributed by atoms with Crippen molar-refractivity contribution in [2.45, 2.75) is 38.5 Å². The van der Waals surface area contributed by atoms with E-state index in [0.29, 0.717) is 0 Å². The van der Waals surface area contributed by atoms with Crippen LogP contribution in [0.15, 0.2) is 0 Å². The Kier molecular flexibility index (Phi) is 7.51. The van der Waals surface area contributed by atoms with Gasteiger partial charge in [0.2, 0.25) is 0 Å². The molecule has 3 aliphatic carbocycles. The lowest BCUT2D eigenvalue weighted by atomic mass is 9.71. The molecular formula is C10H22O2. The zero-order valence-corrected chi connectivity index (χ0v) is 8.29. The lowest BCUT2D eigenvalue weighted by Crippen LogP contribution is -2.21. The molecule has 0 aromatic heterocycles.